The molecule has 0 radical (unpaired) electrons. The Bertz CT molecular complexity index is 760. The van der Waals surface area contributed by atoms with E-state index in [2.05, 4.69) is 83.1 Å². The molecule has 0 aliphatic carbocycles. The first-order valence-corrected chi connectivity index (χ1v) is 10.6. The average molecular weight is 398 g/mol. The van der Waals surface area contributed by atoms with E-state index in [0.29, 0.717) is 12.6 Å². The number of hydrogen-bond donors (Lipinski definition) is 2. The molecule has 2 aromatic rings. The molecule has 0 bridgehead atoms. The summed E-state index contributed by atoms with van der Waals surface area (Å²) >= 11 is 0. The minimum Gasteiger partial charge on any atom is -0.371 e. The van der Waals surface area contributed by atoms with E-state index in [9.17, 15) is 0 Å². The summed E-state index contributed by atoms with van der Waals surface area (Å²) in [5.41, 5.74) is 2.50. The molecule has 0 saturated carbocycles. The fraction of sp³-hybridized carbons (Fsp3) is 0.545. The molecule has 1 saturated heterocycles. The van der Waals surface area contributed by atoms with Gasteiger partial charge in [-0.3, -0.25) is 9.67 Å². The molecule has 2 N–H and O–H groups in total. The van der Waals surface area contributed by atoms with Gasteiger partial charge in [0.15, 0.2) is 5.96 Å². The number of piperidine rings is 1. The number of para-hydroxylation sites is 1. The molecule has 7 heteroatoms. The van der Waals surface area contributed by atoms with Crippen molar-refractivity contribution in [3.63, 3.8) is 0 Å². The summed E-state index contributed by atoms with van der Waals surface area (Å²) in [7, 11) is 6.13. The Morgan fingerprint density at radius 2 is 1.97 bits per heavy atom. The monoisotopic (exact) mass is 397 g/mol. The van der Waals surface area contributed by atoms with E-state index in [4.69, 9.17) is 4.99 Å². The topological polar surface area (TPSA) is 60.7 Å². The molecule has 1 atom stereocenters. The fourth-order valence-corrected chi connectivity index (χ4v) is 3.79. The van der Waals surface area contributed by atoms with E-state index in [1.807, 2.05) is 17.9 Å². The molecule has 3 rings (SSSR count). The summed E-state index contributed by atoms with van der Waals surface area (Å²) in [5, 5.41) is 11.4. The third-order valence-electron chi connectivity index (χ3n) is 5.46. The van der Waals surface area contributed by atoms with Gasteiger partial charge in [-0.2, -0.15) is 5.10 Å². The van der Waals surface area contributed by atoms with Gasteiger partial charge >= 0.3 is 0 Å². The van der Waals surface area contributed by atoms with Gasteiger partial charge in [0.2, 0.25) is 0 Å². The zero-order chi connectivity index (χ0) is 20.6. The van der Waals surface area contributed by atoms with E-state index in [1.165, 1.54) is 11.3 Å². The summed E-state index contributed by atoms with van der Waals surface area (Å²) in [5.74, 6) is 0.904. The third-order valence-corrected chi connectivity index (χ3v) is 5.46. The second-order valence-electron chi connectivity index (χ2n) is 7.89. The van der Waals surface area contributed by atoms with Crippen molar-refractivity contribution in [3.8, 4) is 0 Å². The second kappa shape index (κ2) is 10.3. The Balaban J connectivity index is 1.58. The van der Waals surface area contributed by atoms with E-state index < -0.39 is 0 Å². The lowest BCUT2D eigenvalue weighted by Gasteiger charge is -2.34. The van der Waals surface area contributed by atoms with Crippen LogP contribution in [0.4, 0.5) is 5.69 Å². The predicted molar refractivity (Wildman–Crippen MR) is 120 cm³/mol. The highest BCUT2D eigenvalue weighted by Gasteiger charge is 2.21. The van der Waals surface area contributed by atoms with Crippen molar-refractivity contribution in [2.24, 2.45) is 12.0 Å². The number of guanidine groups is 1. The maximum absolute atomic E-state index is 4.89. The number of hydrogen-bond acceptors (Lipinski definition) is 4. The molecule has 1 aliphatic heterocycles. The van der Waals surface area contributed by atoms with Crippen LogP contribution in [0.25, 0.3) is 0 Å². The first-order chi connectivity index (χ1) is 14.1. The lowest BCUT2D eigenvalue weighted by Crippen LogP contribution is -2.49. The van der Waals surface area contributed by atoms with Crippen molar-refractivity contribution in [2.45, 2.75) is 31.8 Å². The number of nitrogens with one attached hydrogen (secondary N) is 2. The quantitative estimate of drug-likeness (QED) is 0.554. The van der Waals surface area contributed by atoms with E-state index in [1.54, 1.807) is 0 Å². The minimum atomic E-state index is 0.207. The van der Waals surface area contributed by atoms with Crippen LogP contribution in [0.2, 0.25) is 0 Å². The smallest absolute Gasteiger partial charge is 0.191 e. The van der Waals surface area contributed by atoms with Gasteiger partial charge in [-0.15, -0.1) is 0 Å². The van der Waals surface area contributed by atoms with Crippen molar-refractivity contribution in [1.29, 1.82) is 0 Å². The minimum absolute atomic E-state index is 0.207. The number of benzene rings is 1. The van der Waals surface area contributed by atoms with Gasteiger partial charge < -0.3 is 20.4 Å². The highest BCUT2D eigenvalue weighted by Crippen LogP contribution is 2.20. The molecular weight excluding hydrogens is 362 g/mol. The Morgan fingerprint density at radius 3 is 2.55 bits per heavy atom. The number of nitrogens with zero attached hydrogens (tertiary/aromatic N) is 5. The van der Waals surface area contributed by atoms with Gasteiger partial charge in [0, 0.05) is 50.2 Å². The van der Waals surface area contributed by atoms with Gasteiger partial charge in [0.05, 0.1) is 18.8 Å². The van der Waals surface area contributed by atoms with Crippen LogP contribution in [0.1, 0.15) is 31.4 Å². The van der Waals surface area contributed by atoms with Crippen LogP contribution in [0, 0.1) is 0 Å². The van der Waals surface area contributed by atoms with Crippen LogP contribution in [0.15, 0.2) is 47.7 Å². The number of rotatable bonds is 7. The summed E-state index contributed by atoms with van der Waals surface area (Å²) in [4.78, 5) is 9.56. The molecule has 2 heterocycles. The lowest BCUT2D eigenvalue weighted by molar-refractivity contribution is 0.306. The van der Waals surface area contributed by atoms with Gasteiger partial charge in [-0.25, -0.2) is 0 Å². The summed E-state index contributed by atoms with van der Waals surface area (Å²) in [6.07, 6.45) is 6.22. The zero-order valence-corrected chi connectivity index (χ0v) is 18.2. The van der Waals surface area contributed by atoms with Gasteiger partial charge in [0.25, 0.3) is 0 Å². The first kappa shape index (κ1) is 21.2. The molecule has 0 amide bonds. The van der Waals surface area contributed by atoms with E-state index in [-0.39, 0.29) is 6.04 Å². The van der Waals surface area contributed by atoms with E-state index in [0.717, 1.165) is 38.4 Å². The standard InChI is InChI=1S/C22H35N7/c1-5-23-22(24-16-21(27(2)3)18-15-25-28(4)17-18)26-19-11-13-29(14-12-19)20-9-7-6-8-10-20/h6-10,15,17,19,21H,5,11-14,16H2,1-4H3,(H2,23,24,26). The maximum Gasteiger partial charge on any atom is 0.191 e. The molecule has 29 heavy (non-hydrogen) atoms. The maximum atomic E-state index is 4.89. The lowest BCUT2D eigenvalue weighted by atomic mass is 10.0. The molecule has 7 nitrogen and oxygen atoms in total. The molecule has 1 fully saturated rings. The Kier molecular flexibility index (Phi) is 7.52. The van der Waals surface area contributed by atoms with Crippen molar-refractivity contribution >= 4 is 11.6 Å². The largest absolute Gasteiger partial charge is 0.371 e. The average Bonchev–Trinajstić information content (AvgIpc) is 3.15. The number of likely N-dealkylation sites (N-methyl/N-ethyl adjacent to an activating group) is 1. The highest BCUT2D eigenvalue weighted by molar-refractivity contribution is 5.80. The Hall–Kier alpha value is -2.54. The molecule has 1 aromatic carbocycles. The van der Waals surface area contributed by atoms with Crippen molar-refractivity contribution in [1.82, 2.24) is 25.3 Å². The molecule has 0 spiro atoms. The molecule has 1 unspecified atom stereocenters. The highest BCUT2D eigenvalue weighted by atomic mass is 15.3. The predicted octanol–water partition coefficient (Wildman–Crippen LogP) is 2.25. The van der Waals surface area contributed by atoms with Crippen LogP contribution in [-0.4, -0.2) is 67.0 Å². The number of anilines is 1. The van der Waals surface area contributed by atoms with E-state index >= 15 is 0 Å². The van der Waals surface area contributed by atoms with Crippen LogP contribution >= 0.6 is 0 Å². The first-order valence-electron chi connectivity index (χ1n) is 10.6. The number of aliphatic imine (C=N–C) groups is 1. The number of aryl methyl sites for hydroxylation is 1. The van der Waals surface area contributed by atoms with Crippen molar-refractivity contribution < 1.29 is 0 Å². The van der Waals surface area contributed by atoms with Crippen LogP contribution < -0.4 is 15.5 Å². The summed E-state index contributed by atoms with van der Waals surface area (Å²) < 4.78 is 1.85. The third kappa shape index (κ3) is 5.97. The SMILES string of the molecule is CCNC(=NCC(c1cnn(C)c1)N(C)C)NC1CCN(c2ccccc2)CC1. The summed E-state index contributed by atoms with van der Waals surface area (Å²) in [6.45, 7) is 5.79. The molecule has 1 aromatic heterocycles. The molecular formula is C22H35N7. The van der Waals surface area contributed by atoms with Crippen LogP contribution in [0.5, 0.6) is 0 Å². The van der Waals surface area contributed by atoms with Crippen molar-refractivity contribution in [2.75, 3.05) is 45.2 Å². The number of aromatic nitrogens is 2. The van der Waals surface area contributed by atoms with Crippen LogP contribution in [0.3, 0.4) is 0 Å². The van der Waals surface area contributed by atoms with Crippen LogP contribution in [-0.2, 0) is 7.05 Å². The van der Waals surface area contributed by atoms with Crippen molar-refractivity contribution in [3.05, 3.63) is 48.3 Å². The summed E-state index contributed by atoms with van der Waals surface area (Å²) in [6, 6.07) is 11.3. The zero-order valence-electron chi connectivity index (χ0n) is 18.2. The molecule has 1 aliphatic rings. The fourth-order valence-electron chi connectivity index (χ4n) is 3.79. The van der Waals surface area contributed by atoms with Gasteiger partial charge in [-0.05, 0) is 46.0 Å². The normalized spacial score (nSPS) is 16.9. The van der Waals surface area contributed by atoms with Gasteiger partial charge in [-0.1, -0.05) is 18.2 Å². The van der Waals surface area contributed by atoms with Gasteiger partial charge in [0.1, 0.15) is 0 Å². The Labute approximate surface area is 174 Å². The Morgan fingerprint density at radius 1 is 1.24 bits per heavy atom. The molecule has 158 valence electrons. The second-order valence-corrected chi connectivity index (χ2v) is 7.89.